The first-order valence-corrected chi connectivity index (χ1v) is 3.54. The minimum absolute atomic E-state index is 0.499. The third kappa shape index (κ3) is 1.39. The third-order valence-electron chi connectivity index (χ3n) is 1.38. The summed E-state index contributed by atoms with van der Waals surface area (Å²) >= 11 is 5.60. The van der Waals surface area contributed by atoms with Crippen molar-refractivity contribution in [3.05, 3.63) is 23.4 Å². The molecule has 0 aliphatic carbocycles. The maximum atomic E-state index is 5.60. The lowest BCUT2D eigenvalue weighted by atomic mass is 10.2. The van der Waals surface area contributed by atoms with Crippen LogP contribution in [0.2, 0.25) is 0 Å². The van der Waals surface area contributed by atoms with E-state index < -0.39 is 0 Å². The molecule has 2 nitrogen and oxygen atoms in total. The zero-order chi connectivity index (χ0) is 7.56. The van der Waals surface area contributed by atoms with Gasteiger partial charge in [-0.15, -0.1) is 11.6 Å². The number of nitrogens with two attached hydrogens (primary N) is 1. The predicted molar refractivity (Wildman–Crippen MR) is 42.9 cm³/mol. The summed E-state index contributed by atoms with van der Waals surface area (Å²) in [6.07, 6.45) is 1.71. The minimum Gasteiger partial charge on any atom is -0.384 e. The summed E-state index contributed by atoms with van der Waals surface area (Å²) in [4.78, 5) is 3.90. The Labute approximate surface area is 65.0 Å². The topological polar surface area (TPSA) is 38.9 Å². The Morgan fingerprint density at radius 2 is 2.40 bits per heavy atom. The van der Waals surface area contributed by atoms with Crippen molar-refractivity contribution in [3.8, 4) is 0 Å². The van der Waals surface area contributed by atoms with Crippen LogP contribution >= 0.6 is 11.6 Å². The summed E-state index contributed by atoms with van der Waals surface area (Å²) < 4.78 is 0. The molecule has 0 aliphatic rings. The molecule has 0 saturated heterocycles. The molecule has 1 aromatic rings. The zero-order valence-corrected chi connectivity index (χ0v) is 6.52. The Balaban J connectivity index is 3.07. The van der Waals surface area contributed by atoms with Crippen LogP contribution in [0.4, 0.5) is 5.82 Å². The molecular weight excluding hydrogens is 148 g/mol. The molecule has 54 valence electrons. The quantitative estimate of drug-likeness (QED) is 0.629. The van der Waals surface area contributed by atoms with Crippen LogP contribution in [0.25, 0.3) is 0 Å². The normalized spacial score (nSPS) is 9.80. The molecule has 3 heteroatoms. The average molecular weight is 157 g/mol. The first-order chi connectivity index (χ1) is 4.74. The van der Waals surface area contributed by atoms with Crippen LogP contribution in [-0.2, 0) is 5.88 Å². The molecule has 0 saturated carbocycles. The number of rotatable bonds is 1. The van der Waals surface area contributed by atoms with E-state index in [1.165, 1.54) is 0 Å². The second-order valence-electron chi connectivity index (χ2n) is 2.17. The van der Waals surface area contributed by atoms with Gasteiger partial charge in [-0.3, -0.25) is 0 Å². The summed E-state index contributed by atoms with van der Waals surface area (Å²) in [5.41, 5.74) is 7.57. The van der Waals surface area contributed by atoms with Crippen molar-refractivity contribution in [1.29, 1.82) is 0 Å². The molecule has 0 fully saturated rings. The van der Waals surface area contributed by atoms with E-state index in [0.29, 0.717) is 11.7 Å². The molecule has 0 unspecified atom stereocenters. The van der Waals surface area contributed by atoms with E-state index in [1.54, 1.807) is 6.20 Å². The highest BCUT2D eigenvalue weighted by Crippen LogP contribution is 2.10. The molecule has 0 atom stereocenters. The van der Waals surface area contributed by atoms with Gasteiger partial charge in [0.15, 0.2) is 0 Å². The summed E-state index contributed by atoms with van der Waals surface area (Å²) in [7, 11) is 0. The van der Waals surface area contributed by atoms with Gasteiger partial charge in [-0.1, -0.05) is 0 Å². The lowest BCUT2D eigenvalue weighted by Crippen LogP contribution is -1.93. The fourth-order valence-electron chi connectivity index (χ4n) is 0.746. The van der Waals surface area contributed by atoms with Gasteiger partial charge in [0.25, 0.3) is 0 Å². The Kier molecular flexibility index (Phi) is 2.12. The number of nitrogen functional groups attached to an aromatic ring is 1. The van der Waals surface area contributed by atoms with Gasteiger partial charge in [-0.05, 0) is 24.1 Å². The standard InChI is InChI=1S/C7H9ClN2/c1-5-2-7(9)10-4-6(5)3-8/h2,4H,3H2,1H3,(H2,9,10). The Morgan fingerprint density at radius 3 is 2.90 bits per heavy atom. The smallest absolute Gasteiger partial charge is 0.123 e. The van der Waals surface area contributed by atoms with Gasteiger partial charge < -0.3 is 5.73 Å². The number of aromatic nitrogens is 1. The molecule has 0 aliphatic heterocycles. The first kappa shape index (κ1) is 7.35. The number of alkyl halides is 1. The Morgan fingerprint density at radius 1 is 1.70 bits per heavy atom. The second-order valence-corrected chi connectivity index (χ2v) is 2.44. The molecule has 0 spiro atoms. The number of anilines is 1. The van der Waals surface area contributed by atoms with Crippen molar-refractivity contribution in [2.45, 2.75) is 12.8 Å². The van der Waals surface area contributed by atoms with Crippen molar-refractivity contribution in [2.75, 3.05) is 5.73 Å². The fraction of sp³-hybridized carbons (Fsp3) is 0.286. The molecule has 1 aromatic heterocycles. The van der Waals surface area contributed by atoms with Crippen LogP contribution in [0.3, 0.4) is 0 Å². The van der Waals surface area contributed by atoms with Crippen LogP contribution in [-0.4, -0.2) is 4.98 Å². The maximum absolute atomic E-state index is 5.60. The van der Waals surface area contributed by atoms with E-state index in [1.807, 2.05) is 13.0 Å². The van der Waals surface area contributed by atoms with Gasteiger partial charge in [0, 0.05) is 12.1 Å². The summed E-state index contributed by atoms with van der Waals surface area (Å²) in [6.45, 7) is 1.97. The van der Waals surface area contributed by atoms with Crippen molar-refractivity contribution >= 4 is 17.4 Å². The van der Waals surface area contributed by atoms with Crippen molar-refractivity contribution in [3.63, 3.8) is 0 Å². The minimum atomic E-state index is 0.499. The van der Waals surface area contributed by atoms with E-state index in [2.05, 4.69) is 4.98 Å². The second kappa shape index (κ2) is 2.88. The molecule has 0 aromatic carbocycles. The van der Waals surface area contributed by atoms with Crippen molar-refractivity contribution in [1.82, 2.24) is 4.98 Å². The van der Waals surface area contributed by atoms with Crippen LogP contribution in [0, 0.1) is 6.92 Å². The summed E-state index contributed by atoms with van der Waals surface area (Å²) in [5, 5.41) is 0. The molecule has 0 bridgehead atoms. The SMILES string of the molecule is Cc1cc(N)ncc1CCl. The zero-order valence-electron chi connectivity index (χ0n) is 5.76. The van der Waals surface area contributed by atoms with Crippen molar-refractivity contribution in [2.24, 2.45) is 0 Å². The van der Waals surface area contributed by atoms with Gasteiger partial charge in [0.2, 0.25) is 0 Å². The monoisotopic (exact) mass is 156 g/mol. The van der Waals surface area contributed by atoms with Crippen LogP contribution < -0.4 is 5.73 Å². The van der Waals surface area contributed by atoms with Gasteiger partial charge >= 0.3 is 0 Å². The molecular formula is C7H9ClN2. The van der Waals surface area contributed by atoms with Gasteiger partial charge in [-0.2, -0.15) is 0 Å². The molecule has 2 N–H and O–H groups in total. The Hall–Kier alpha value is -0.760. The molecule has 1 heterocycles. The number of nitrogens with zero attached hydrogens (tertiary/aromatic N) is 1. The predicted octanol–water partition coefficient (Wildman–Crippen LogP) is 1.71. The lowest BCUT2D eigenvalue weighted by Gasteiger charge is -2.00. The van der Waals surface area contributed by atoms with Crippen molar-refractivity contribution < 1.29 is 0 Å². The number of hydrogen-bond acceptors (Lipinski definition) is 2. The van der Waals surface area contributed by atoms with Crippen LogP contribution in [0.5, 0.6) is 0 Å². The third-order valence-corrected chi connectivity index (χ3v) is 1.67. The lowest BCUT2D eigenvalue weighted by molar-refractivity contribution is 1.20. The van der Waals surface area contributed by atoms with Crippen LogP contribution in [0.1, 0.15) is 11.1 Å². The van der Waals surface area contributed by atoms with Gasteiger partial charge in [0.05, 0.1) is 0 Å². The van der Waals surface area contributed by atoms with E-state index >= 15 is 0 Å². The molecule has 0 amide bonds. The molecule has 0 radical (unpaired) electrons. The highest BCUT2D eigenvalue weighted by molar-refractivity contribution is 6.17. The number of halogens is 1. The molecule has 10 heavy (non-hydrogen) atoms. The maximum Gasteiger partial charge on any atom is 0.123 e. The summed E-state index contributed by atoms with van der Waals surface area (Å²) in [5.74, 6) is 1.05. The fourth-order valence-corrected chi connectivity index (χ4v) is 1.03. The van der Waals surface area contributed by atoms with E-state index in [0.717, 1.165) is 11.1 Å². The highest BCUT2D eigenvalue weighted by atomic mass is 35.5. The van der Waals surface area contributed by atoms with Gasteiger partial charge in [0.1, 0.15) is 5.82 Å². The van der Waals surface area contributed by atoms with E-state index in [9.17, 15) is 0 Å². The number of aryl methyl sites for hydroxylation is 1. The first-order valence-electron chi connectivity index (χ1n) is 3.01. The van der Waals surface area contributed by atoms with Crippen LogP contribution in [0.15, 0.2) is 12.3 Å². The molecule has 1 rings (SSSR count). The highest BCUT2D eigenvalue weighted by Gasteiger charge is 1.96. The number of hydrogen-bond donors (Lipinski definition) is 1. The van der Waals surface area contributed by atoms with E-state index in [4.69, 9.17) is 17.3 Å². The van der Waals surface area contributed by atoms with Gasteiger partial charge in [-0.25, -0.2) is 4.98 Å². The van der Waals surface area contributed by atoms with E-state index in [-0.39, 0.29) is 0 Å². The average Bonchev–Trinajstić information content (AvgIpc) is 1.88. The summed E-state index contributed by atoms with van der Waals surface area (Å²) in [6, 6.07) is 1.82. The largest absolute Gasteiger partial charge is 0.384 e. The number of pyridine rings is 1. The Bertz CT molecular complexity index is 235.